The molecule has 1 heterocycles. The number of nitrogens with one attached hydrogen (secondary N) is 1. The standard InChI is InChI=1S/C15H26N2OS/c1-12(2)16-10-14-6-7-15(19-14)11-18-9-8-17(3)13-4-5-13/h6-7,12-13,16H,4-5,8-11H2,1-3H3. The molecule has 0 aliphatic heterocycles. The molecule has 0 radical (unpaired) electrons. The predicted octanol–water partition coefficient (Wildman–Crippen LogP) is 2.86. The summed E-state index contributed by atoms with van der Waals surface area (Å²) in [6, 6.07) is 5.76. The Balaban J connectivity index is 1.60. The van der Waals surface area contributed by atoms with Gasteiger partial charge in [0.2, 0.25) is 0 Å². The SMILES string of the molecule is CC(C)NCc1ccc(COCCN(C)C2CC2)s1. The van der Waals surface area contributed by atoms with Crippen LogP contribution in [0.2, 0.25) is 0 Å². The van der Waals surface area contributed by atoms with E-state index in [1.807, 2.05) is 11.3 Å². The summed E-state index contributed by atoms with van der Waals surface area (Å²) in [7, 11) is 2.20. The van der Waals surface area contributed by atoms with E-state index < -0.39 is 0 Å². The highest BCUT2D eigenvalue weighted by atomic mass is 32.1. The molecule has 3 nitrogen and oxygen atoms in total. The normalized spacial score (nSPS) is 15.6. The maximum atomic E-state index is 5.76. The molecule has 2 rings (SSSR count). The number of hydrogen-bond donors (Lipinski definition) is 1. The Morgan fingerprint density at radius 3 is 2.79 bits per heavy atom. The third-order valence-electron chi connectivity index (χ3n) is 3.40. The van der Waals surface area contributed by atoms with Crippen LogP contribution in [0.4, 0.5) is 0 Å². The quantitative estimate of drug-likeness (QED) is 0.705. The molecule has 1 saturated carbocycles. The second kappa shape index (κ2) is 7.39. The fraction of sp³-hybridized carbons (Fsp3) is 0.733. The number of rotatable bonds is 9. The Labute approximate surface area is 121 Å². The molecule has 1 aromatic rings. The van der Waals surface area contributed by atoms with Crippen molar-refractivity contribution < 1.29 is 4.74 Å². The summed E-state index contributed by atoms with van der Waals surface area (Å²) in [5, 5.41) is 3.44. The van der Waals surface area contributed by atoms with Gasteiger partial charge in [0, 0.05) is 34.9 Å². The first-order valence-corrected chi connectivity index (χ1v) is 8.05. The summed E-state index contributed by atoms with van der Waals surface area (Å²) in [6.07, 6.45) is 2.74. The van der Waals surface area contributed by atoms with Crippen LogP contribution in [0.3, 0.4) is 0 Å². The van der Waals surface area contributed by atoms with Crippen molar-refractivity contribution in [2.75, 3.05) is 20.2 Å². The van der Waals surface area contributed by atoms with E-state index in [2.05, 4.69) is 43.2 Å². The lowest BCUT2D eigenvalue weighted by atomic mass is 10.3. The summed E-state index contributed by atoms with van der Waals surface area (Å²) < 4.78 is 5.76. The van der Waals surface area contributed by atoms with Crippen molar-refractivity contribution in [2.24, 2.45) is 0 Å². The van der Waals surface area contributed by atoms with E-state index in [9.17, 15) is 0 Å². The minimum absolute atomic E-state index is 0.541. The van der Waals surface area contributed by atoms with Gasteiger partial charge in [0.1, 0.15) is 0 Å². The smallest absolute Gasteiger partial charge is 0.0810 e. The van der Waals surface area contributed by atoms with Crippen molar-refractivity contribution in [2.45, 2.75) is 51.9 Å². The molecule has 1 aromatic heterocycles. The molecule has 1 aliphatic rings. The summed E-state index contributed by atoms with van der Waals surface area (Å²) in [5.41, 5.74) is 0. The van der Waals surface area contributed by atoms with Crippen LogP contribution in [0.25, 0.3) is 0 Å². The van der Waals surface area contributed by atoms with Crippen LogP contribution >= 0.6 is 11.3 Å². The maximum absolute atomic E-state index is 5.76. The van der Waals surface area contributed by atoms with E-state index in [0.717, 1.165) is 32.3 Å². The predicted molar refractivity (Wildman–Crippen MR) is 81.6 cm³/mol. The van der Waals surface area contributed by atoms with Gasteiger partial charge in [-0.1, -0.05) is 13.8 Å². The van der Waals surface area contributed by atoms with E-state index in [1.165, 1.54) is 22.6 Å². The summed E-state index contributed by atoms with van der Waals surface area (Å²) in [4.78, 5) is 5.13. The fourth-order valence-corrected chi connectivity index (χ4v) is 2.89. The molecule has 4 heteroatoms. The van der Waals surface area contributed by atoms with Crippen molar-refractivity contribution in [1.29, 1.82) is 0 Å². The zero-order chi connectivity index (χ0) is 13.7. The Morgan fingerprint density at radius 1 is 1.37 bits per heavy atom. The Kier molecular flexibility index (Phi) is 5.82. The molecule has 0 spiro atoms. The third kappa shape index (κ3) is 5.61. The van der Waals surface area contributed by atoms with Crippen LogP contribution in [0.1, 0.15) is 36.4 Å². The first-order chi connectivity index (χ1) is 9.15. The van der Waals surface area contributed by atoms with Crippen LogP contribution in [-0.4, -0.2) is 37.2 Å². The van der Waals surface area contributed by atoms with E-state index in [0.29, 0.717) is 6.04 Å². The van der Waals surface area contributed by atoms with E-state index in [4.69, 9.17) is 4.74 Å². The minimum Gasteiger partial charge on any atom is -0.375 e. The largest absolute Gasteiger partial charge is 0.375 e. The zero-order valence-corrected chi connectivity index (χ0v) is 13.1. The molecule has 108 valence electrons. The van der Waals surface area contributed by atoms with Gasteiger partial charge < -0.3 is 15.0 Å². The van der Waals surface area contributed by atoms with Crippen molar-refractivity contribution >= 4 is 11.3 Å². The lowest BCUT2D eigenvalue weighted by Crippen LogP contribution is -2.25. The van der Waals surface area contributed by atoms with E-state index in [-0.39, 0.29) is 0 Å². The molecular formula is C15H26N2OS. The maximum Gasteiger partial charge on any atom is 0.0810 e. The van der Waals surface area contributed by atoms with Gasteiger partial charge in [-0.05, 0) is 32.0 Å². The van der Waals surface area contributed by atoms with Gasteiger partial charge in [0.25, 0.3) is 0 Å². The number of ether oxygens (including phenoxy) is 1. The highest BCUT2D eigenvalue weighted by Crippen LogP contribution is 2.24. The van der Waals surface area contributed by atoms with E-state index in [1.54, 1.807) is 0 Å². The number of likely N-dealkylation sites (N-methyl/N-ethyl adjacent to an activating group) is 1. The number of thiophene rings is 1. The Hall–Kier alpha value is -0.420. The monoisotopic (exact) mass is 282 g/mol. The third-order valence-corrected chi connectivity index (χ3v) is 4.46. The van der Waals surface area contributed by atoms with Gasteiger partial charge in [0.05, 0.1) is 13.2 Å². The van der Waals surface area contributed by atoms with Crippen molar-refractivity contribution in [1.82, 2.24) is 10.2 Å². The summed E-state index contributed by atoms with van der Waals surface area (Å²) >= 11 is 1.85. The summed E-state index contributed by atoms with van der Waals surface area (Å²) in [5.74, 6) is 0. The molecule has 1 fully saturated rings. The van der Waals surface area contributed by atoms with Crippen LogP contribution < -0.4 is 5.32 Å². The first kappa shape index (κ1) is 15.0. The highest BCUT2D eigenvalue weighted by Gasteiger charge is 2.25. The van der Waals surface area contributed by atoms with Crippen molar-refractivity contribution in [3.05, 3.63) is 21.9 Å². The van der Waals surface area contributed by atoms with Crippen LogP contribution in [0.5, 0.6) is 0 Å². The minimum atomic E-state index is 0.541. The lowest BCUT2D eigenvalue weighted by molar-refractivity contribution is 0.0995. The average Bonchev–Trinajstić information content (AvgIpc) is 3.13. The Bertz CT molecular complexity index is 374. The van der Waals surface area contributed by atoms with Gasteiger partial charge >= 0.3 is 0 Å². The molecule has 0 bridgehead atoms. The second-order valence-corrected chi connectivity index (χ2v) is 6.92. The van der Waals surface area contributed by atoms with Gasteiger partial charge in [-0.25, -0.2) is 0 Å². The second-order valence-electron chi connectivity index (χ2n) is 5.67. The Morgan fingerprint density at radius 2 is 2.11 bits per heavy atom. The lowest BCUT2D eigenvalue weighted by Gasteiger charge is -2.14. The van der Waals surface area contributed by atoms with Crippen molar-refractivity contribution in [3.8, 4) is 0 Å². The van der Waals surface area contributed by atoms with Crippen LogP contribution in [-0.2, 0) is 17.9 Å². The van der Waals surface area contributed by atoms with Crippen LogP contribution in [0.15, 0.2) is 12.1 Å². The average molecular weight is 282 g/mol. The molecule has 0 unspecified atom stereocenters. The van der Waals surface area contributed by atoms with Gasteiger partial charge in [-0.2, -0.15) is 0 Å². The fourth-order valence-electron chi connectivity index (χ4n) is 1.98. The first-order valence-electron chi connectivity index (χ1n) is 7.24. The number of nitrogens with zero attached hydrogens (tertiary/aromatic N) is 1. The highest BCUT2D eigenvalue weighted by molar-refractivity contribution is 7.11. The van der Waals surface area contributed by atoms with Gasteiger partial charge in [0.15, 0.2) is 0 Å². The topological polar surface area (TPSA) is 24.5 Å². The van der Waals surface area contributed by atoms with Gasteiger partial charge in [-0.15, -0.1) is 11.3 Å². The molecule has 19 heavy (non-hydrogen) atoms. The van der Waals surface area contributed by atoms with Crippen LogP contribution in [0, 0.1) is 0 Å². The van der Waals surface area contributed by atoms with Crippen molar-refractivity contribution in [3.63, 3.8) is 0 Å². The molecule has 1 aliphatic carbocycles. The zero-order valence-electron chi connectivity index (χ0n) is 12.3. The molecule has 0 atom stereocenters. The van der Waals surface area contributed by atoms with Gasteiger partial charge in [-0.3, -0.25) is 0 Å². The molecule has 1 N–H and O–H groups in total. The summed E-state index contributed by atoms with van der Waals surface area (Å²) in [6.45, 7) is 7.96. The molecule has 0 amide bonds. The molecule has 0 aromatic carbocycles. The molecule has 0 saturated heterocycles. The number of hydrogen-bond acceptors (Lipinski definition) is 4. The molecular weight excluding hydrogens is 256 g/mol. The van der Waals surface area contributed by atoms with E-state index >= 15 is 0 Å².